The molecule has 28 heavy (non-hydrogen) atoms. The molecule has 3 rings (SSSR count). The maximum Gasteiger partial charge on any atom is 0.338 e. The van der Waals surface area contributed by atoms with Crippen molar-refractivity contribution >= 4 is 51.2 Å². The number of aryl methyl sites for hydroxylation is 3. The van der Waals surface area contributed by atoms with Crippen LogP contribution in [-0.2, 0) is 24.2 Å². The van der Waals surface area contributed by atoms with Crippen LogP contribution in [0.2, 0.25) is 0 Å². The molecule has 0 aliphatic rings. The molecular formula is C24H22I2O2. The third kappa shape index (κ3) is 5.56. The van der Waals surface area contributed by atoms with Crippen LogP contribution in [0.4, 0.5) is 0 Å². The van der Waals surface area contributed by atoms with Crippen molar-refractivity contribution in [3.63, 3.8) is 0 Å². The van der Waals surface area contributed by atoms with Gasteiger partial charge in [0, 0.05) is 7.14 Å². The largest absolute Gasteiger partial charge is 0.457 e. The van der Waals surface area contributed by atoms with Gasteiger partial charge in [-0.15, -0.1) is 0 Å². The molecule has 0 atom stereocenters. The monoisotopic (exact) mass is 596 g/mol. The summed E-state index contributed by atoms with van der Waals surface area (Å²) in [5, 5.41) is 0. The maximum absolute atomic E-state index is 12.8. The molecule has 0 amide bonds. The van der Waals surface area contributed by atoms with Crippen molar-refractivity contribution in [1.82, 2.24) is 0 Å². The Hall–Kier alpha value is -1.41. The lowest BCUT2D eigenvalue weighted by Crippen LogP contribution is -2.11. The normalized spacial score (nSPS) is 10.7. The Labute approximate surface area is 194 Å². The summed E-state index contributed by atoms with van der Waals surface area (Å²) in [5.74, 6) is -0.251. The Morgan fingerprint density at radius 1 is 0.857 bits per heavy atom. The third-order valence-electron chi connectivity index (χ3n) is 4.67. The van der Waals surface area contributed by atoms with Crippen LogP contribution < -0.4 is 0 Å². The van der Waals surface area contributed by atoms with Crippen molar-refractivity contribution in [1.29, 1.82) is 0 Å². The lowest BCUT2D eigenvalue weighted by Gasteiger charge is -2.14. The average molecular weight is 596 g/mol. The van der Waals surface area contributed by atoms with Gasteiger partial charge in [-0.2, -0.15) is 0 Å². The summed E-state index contributed by atoms with van der Waals surface area (Å²) < 4.78 is 8.00. The minimum atomic E-state index is -0.251. The van der Waals surface area contributed by atoms with E-state index in [4.69, 9.17) is 4.74 Å². The fourth-order valence-electron chi connectivity index (χ4n) is 3.07. The molecule has 0 fully saturated rings. The fraction of sp³-hybridized carbons (Fsp3) is 0.208. The topological polar surface area (TPSA) is 26.3 Å². The highest BCUT2D eigenvalue weighted by molar-refractivity contribution is 14.1. The molecule has 0 radical (unpaired) electrons. The average Bonchev–Trinajstić information content (AvgIpc) is 2.68. The van der Waals surface area contributed by atoms with Crippen molar-refractivity contribution in [2.45, 2.75) is 33.3 Å². The number of hydrogen-bond acceptors (Lipinski definition) is 2. The predicted molar refractivity (Wildman–Crippen MR) is 131 cm³/mol. The van der Waals surface area contributed by atoms with E-state index in [9.17, 15) is 4.79 Å². The fourth-order valence-corrected chi connectivity index (χ4v) is 4.70. The van der Waals surface area contributed by atoms with Crippen LogP contribution in [0.1, 0.15) is 38.2 Å². The number of esters is 1. The maximum atomic E-state index is 12.8. The Morgan fingerprint density at radius 2 is 1.61 bits per heavy atom. The van der Waals surface area contributed by atoms with Crippen molar-refractivity contribution in [2.24, 2.45) is 0 Å². The predicted octanol–water partition coefficient (Wildman–Crippen LogP) is 6.65. The molecule has 0 aromatic heterocycles. The van der Waals surface area contributed by atoms with Crippen LogP contribution in [-0.4, -0.2) is 5.97 Å². The zero-order valence-electron chi connectivity index (χ0n) is 16.0. The first-order valence-corrected chi connectivity index (χ1v) is 11.3. The molecule has 0 unspecified atom stereocenters. The zero-order valence-corrected chi connectivity index (χ0v) is 20.3. The van der Waals surface area contributed by atoms with Crippen LogP contribution in [0.3, 0.4) is 0 Å². The van der Waals surface area contributed by atoms with Gasteiger partial charge in [-0.1, -0.05) is 42.5 Å². The molecule has 3 aromatic rings. The van der Waals surface area contributed by atoms with Crippen LogP contribution in [0.15, 0.2) is 60.7 Å². The van der Waals surface area contributed by atoms with Gasteiger partial charge in [0.2, 0.25) is 0 Å². The minimum Gasteiger partial charge on any atom is -0.457 e. The molecule has 144 valence electrons. The van der Waals surface area contributed by atoms with Gasteiger partial charge in [0.05, 0.1) is 5.56 Å². The Bertz CT molecular complexity index is 981. The molecule has 2 nitrogen and oxygen atoms in total. The first-order valence-electron chi connectivity index (χ1n) is 9.19. The molecule has 0 bridgehead atoms. The molecule has 0 saturated heterocycles. The minimum absolute atomic E-state index is 0.251. The number of carbonyl (C=O) groups excluding carboxylic acids is 1. The van der Waals surface area contributed by atoms with E-state index in [1.165, 1.54) is 14.7 Å². The highest BCUT2D eigenvalue weighted by Gasteiger charge is 2.17. The number of benzene rings is 3. The Balaban J connectivity index is 1.78. The SMILES string of the molecule is Cc1cc(I)c(CCc2ccc(C)c(I)c2)c(C(=O)OCc2ccccc2)c1. The van der Waals surface area contributed by atoms with E-state index >= 15 is 0 Å². The second kappa shape index (κ2) is 9.87. The smallest absolute Gasteiger partial charge is 0.338 e. The van der Waals surface area contributed by atoms with Crippen LogP contribution in [0.25, 0.3) is 0 Å². The summed E-state index contributed by atoms with van der Waals surface area (Å²) in [6.07, 6.45) is 1.71. The number of halogens is 2. The Kier molecular flexibility index (Phi) is 7.51. The summed E-state index contributed by atoms with van der Waals surface area (Å²) in [4.78, 5) is 12.8. The van der Waals surface area contributed by atoms with Crippen molar-refractivity contribution < 1.29 is 9.53 Å². The molecule has 0 aliphatic carbocycles. The van der Waals surface area contributed by atoms with E-state index < -0.39 is 0 Å². The first-order chi connectivity index (χ1) is 13.4. The van der Waals surface area contributed by atoms with Gasteiger partial charge >= 0.3 is 5.97 Å². The van der Waals surface area contributed by atoms with Gasteiger partial charge in [-0.3, -0.25) is 0 Å². The van der Waals surface area contributed by atoms with Crippen LogP contribution >= 0.6 is 45.2 Å². The third-order valence-corrected chi connectivity index (χ3v) is 6.80. The van der Waals surface area contributed by atoms with E-state index in [-0.39, 0.29) is 5.97 Å². The molecule has 3 aromatic carbocycles. The van der Waals surface area contributed by atoms with Gasteiger partial charge in [0.25, 0.3) is 0 Å². The first kappa shape index (κ1) is 21.3. The summed E-state index contributed by atoms with van der Waals surface area (Å²) >= 11 is 4.70. The van der Waals surface area contributed by atoms with Gasteiger partial charge in [0.15, 0.2) is 0 Å². The van der Waals surface area contributed by atoms with Crippen LogP contribution in [0, 0.1) is 21.0 Å². The van der Waals surface area contributed by atoms with Gasteiger partial charge in [-0.05, 0) is 118 Å². The van der Waals surface area contributed by atoms with E-state index in [1.54, 1.807) is 0 Å². The van der Waals surface area contributed by atoms with Crippen molar-refractivity contribution in [2.75, 3.05) is 0 Å². The molecule has 0 aliphatic heterocycles. The van der Waals surface area contributed by atoms with Gasteiger partial charge in [-0.25, -0.2) is 4.79 Å². The molecule has 0 N–H and O–H groups in total. The quantitative estimate of drug-likeness (QED) is 0.235. The molecule has 0 heterocycles. The number of ether oxygens (including phenoxy) is 1. The summed E-state index contributed by atoms with van der Waals surface area (Å²) in [7, 11) is 0. The standard InChI is InChI=1S/C24H22I2O2/c1-16-12-21(24(27)28-15-19-6-4-3-5-7-19)20(23(26)13-16)11-10-18-9-8-17(2)22(25)14-18/h3-9,12-14H,10-11,15H2,1-2H3. The summed E-state index contributed by atoms with van der Waals surface area (Å²) in [6, 6.07) is 20.4. The van der Waals surface area contributed by atoms with Gasteiger partial charge < -0.3 is 4.74 Å². The molecular weight excluding hydrogens is 574 g/mol. The van der Waals surface area contributed by atoms with E-state index in [0.29, 0.717) is 12.2 Å². The number of carbonyl (C=O) groups is 1. The molecule has 0 spiro atoms. The highest BCUT2D eigenvalue weighted by Crippen LogP contribution is 2.24. The van der Waals surface area contributed by atoms with Crippen molar-refractivity contribution in [3.8, 4) is 0 Å². The molecule has 0 saturated carbocycles. The number of rotatable bonds is 6. The van der Waals surface area contributed by atoms with Crippen molar-refractivity contribution in [3.05, 3.63) is 101 Å². The number of hydrogen-bond donors (Lipinski definition) is 0. The van der Waals surface area contributed by atoms with E-state index in [1.807, 2.05) is 43.3 Å². The Morgan fingerprint density at radius 3 is 2.32 bits per heavy atom. The second-order valence-electron chi connectivity index (χ2n) is 6.92. The summed E-state index contributed by atoms with van der Waals surface area (Å²) in [6.45, 7) is 4.43. The van der Waals surface area contributed by atoms with Crippen LogP contribution in [0.5, 0.6) is 0 Å². The zero-order chi connectivity index (χ0) is 20.1. The van der Waals surface area contributed by atoms with Gasteiger partial charge in [0.1, 0.15) is 6.61 Å². The van der Waals surface area contributed by atoms with E-state index in [2.05, 4.69) is 76.4 Å². The highest BCUT2D eigenvalue weighted by atomic mass is 127. The lowest BCUT2D eigenvalue weighted by molar-refractivity contribution is 0.0471. The summed E-state index contributed by atoms with van der Waals surface area (Å²) in [5.41, 5.74) is 6.40. The lowest BCUT2D eigenvalue weighted by atomic mass is 9.97. The molecule has 4 heteroatoms. The van der Waals surface area contributed by atoms with E-state index in [0.717, 1.165) is 33.1 Å². The second-order valence-corrected chi connectivity index (χ2v) is 9.24.